The van der Waals surface area contributed by atoms with Crippen molar-refractivity contribution < 1.29 is 23.9 Å². The fraction of sp³-hybridized carbons (Fsp3) is 0.750. The lowest BCUT2D eigenvalue weighted by Gasteiger charge is -2.21. The molecule has 1 amide bonds. The molecule has 1 aliphatic rings. The van der Waals surface area contributed by atoms with Crippen LogP contribution in [-0.4, -0.2) is 36.1 Å². The van der Waals surface area contributed by atoms with Gasteiger partial charge in [0.25, 0.3) is 0 Å². The van der Waals surface area contributed by atoms with Gasteiger partial charge in [0.15, 0.2) is 0 Å². The number of carbonyl (C=O) groups excluding carboxylic acids is 3. The summed E-state index contributed by atoms with van der Waals surface area (Å²) in [6.07, 6.45) is 6.84. The highest BCUT2D eigenvalue weighted by Crippen LogP contribution is 2.30. The Kier molecular flexibility index (Phi) is 8.82. The highest BCUT2D eigenvalue weighted by atomic mass is 16.6. The molecule has 6 nitrogen and oxygen atoms in total. The zero-order chi connectivity index (χ0) is 19.7. The zero-order valence-electron chi connectivity index (χ0n) is 16.6. The Balaban J connectivity index is 2.48. The summed E-state index contributed by atoms with van der Waals surface area (Å²) in [7, 11) is 0. The lowest BCUT2D eigenvalue weighted by molar-refractivity contribution is -0.155. The summed E-state index contributed by atoms with van der Waals surface area (Å²) in [4.78, 5) is 36.0. The van der Waals surface area contributed by atoms with Gasteiger partial charge in [-0.25, -0.2) is 4.79 Å². The zero-order valence-corrected chi connectivity index (χ0v) is 16.6. The molecule has 2 atom stereocenters. The van der Waals surface area contributed by atoms with E-state index < -0.39 is 35.5 Å². The van der Waals surface area contributed by atoms with Crippen LogP contribution in [-0.2, 0) is 23.9 Å². The molecule has 26 heavy (non-hydrogen) atoms. The van der Waals surface area contributed by atoms with Gasteiger partial charge in [-0.2, -0.15) is 0 Å². The lowest BCUT2D eigenvalue weighted by atomic mass is 9.92. The Morgan fingerprint density at radius 2 is 1.77 bits per heavy atom. The second-order valence-corrected chi connectivity index (χ2v) is 7.81. The maximum atomic E-state index is 12.4. The first-order valence-electron chi connectivity index (χ1n) is 9.55. The van der Waals surface area contributed by atoms with E-state index in [0.29, 0.717) is 6.42 Å². The van der Waals surface area contributed by atoms with E-state index >= 15 is 0 Å². The van der Waals surface area contributed by atoms with Gasteiger partial charge in [-0.1, -0.05) is 45.6 Å². The topological polar surface area (TPSA) is 81.7 Å². The van der Waals surface area contributed by atoms with Gasteiger partial charge in [0, 0.05) is 5.57 Å². The van der Waals surface area contributed by atoms with Crippen LogP contribution in [0.5, 0.6) is 0 Å². The number of esters is 2. The van der Waals surface area contributed by atoms with E-state index in [4.69, 9.17) is 9.47 Å². The highest BCUT2D eigenvalue weighted by molar-refractivity contribution is 6.00. The number of nitrogens with one attached hydrogen (secondary N) is 1. The summed E-state index contributed by atoms with van der Waals surface area (Å²) in [6.45, 7) is 10.9. The Bertz CT molecular complexity index is 521. The summed E-state index contributed by atoms with van der Waals surface area (Å²) < 4.78 is 10.5. The monoisotopic (exact) mass is 367 g/mol. The van der Waals surface area contributed by atoms with Crippen molar-refractivity contribution in [3.05, 3.63) is 12.2 Å². The third kappa shape index (κ3) is 7.58. The maximum Gasteiger partial charge on any atom is 0.334 e. The van der Waals surface area contributed by atoms with E-state index in [9.17, 15) is 14.4 Å². The Morgan fingerprint density at radius 1 is 1.15 bits per heavy atom. The molecule has 1 rings (SSSR count). The third-order valence-corrected chi connectivity index (χ3v) is 4.22. The fourth-order valence-electron chi connectivity index (χ4n) is 2.96. The highest BCUT2D eigenvalue weighted by Gasteiger charge is 2.42. The van der Waals surface area contributed by atoms with Crippen LogP contribution < -0.4 is 5.32 Å². The second-order valence-electron chi connectivity index (χ2n) is 7.81. The number of cyclic esters (lactones) is 1. The fourth-order valence-corrected chi connectivity index (χ4v) is 2.96. The van der Waals surface area contributed by atoms with Gasteiger partial charge >= 0.3 is 11.9 Å². The minimum absolute atomic E-state index is 0.155. The van der Waals surface area contributed by atoms with Crippen molar-refractivity contribution in [1.82, 2.24) is 5.32 Å². The first-order chi connectivity index (χ1) is 12.2. The van der Waals surface area contributed by atoms with Crippen LogP contribution in [0, 0.1) is 5.92 Å². The average Bonchev–Trinajstić information content (AvgIpc) is 2.81. The van der Waals surface area contributed by atoms with Gasteiger partial charge in [0.2, 0.25) is 5.91 Å². The molecule has 0 spiro atoms. The van der Waals surface area contributed by atoms with Crippen LogP contribution in [0.4, 0.5) is 0 Å². The molecule has 0 aliphatic carbocycles. The summed E-state index contributed by atoms with van der Waals surface area (Å²) >= 11 is 0. The number of hydrogen-bond donors (Lipinski definition) is 1. The molecule has 1 fully saturated rings. The molecule has 0 saturated carbocycles. The molecule has 6 heteroatoms. The molecule has 1 N–H and O–H groups in total. The normalized spacial score (nSPS) is 20.0. The van der Waals surface area contributed by atoms with Gasteiger partial charge in [0.05, 0.1) is 0 Å². The smallest absolute Gasteiger partial charge is 0.334 e. The molecular formula is C20H33NO5. The lowest BCUT2D eigenvalue weighted by Crippen LogP contribution is -2.40. The predicted octanol–water partition coefficient (Wildman–Crippen LogP) is 3.29. The van der Waals surface area contributed by atoms with Crippen LogP contribution in [0.1, 0.15) is 72.6 Å². The summed E-state index contributed by atoms with van der Waals surface area (Å²) in [5.74, 6) is -2.20. The summed E-state index contributed by atoms with van der Waals surface area (Å²) in [5.41, 5.74) is -0.458. The molecule has 0 unspecified atom stereocenters. The Labute approximate surface area is 156 Å². The summed E-state index contributed by atoms with van der Waals surface area (Å²) in [6, 6.07) is 0. The van der Waals surface area contributed by atoms with Crippen molar-refractivity contribution in [3.63, 3.8) is 0 Å². The second kappa shape index (κ2) is 10.3. The molecule has 1 heterocycles. The van der Waals surface area contributed by atoms with Gasteiger partial charge in [-0.15, -0.1) is 0 Å². The minimum atomic E-state index is -0.736. The molecule has 148 valence electrons. The quantitative estimate of drug-likeness (QED) is 0.364. The first kappa shape index (κ1) is 22.2. The first-order valence-corrected chi connectivity index (χ1v) is 9.55. The largest absolute Gasteiger partial charge is 0.459 e. The van der Waals surface area contributed by atoms with Gasteiger partial charge in [-0.3, -0.25) is 9.59 Å². The van der Waals surface area contributed by atoms with Crippen LogP contribution in [0.25, 0.3) is 0 Å². The summed E-state index contributed by atoms with van der Waals surface area (Å²) in [5, 5.41) is 2.54. The average molecular weight is 367 g/mol. The van der Waals surface area contributed by atoms with Crippen LogP contribution >= 0.6 is 0 Å². The number of hydrogen-bond acceptors (Lipinski definition) is 5. The molecule has 0 radical (unpaired) electrons. The molecule has 0 aromatic heterocycles. The number of rotatable bonds is 10. The van der Waals surface area contributed by atoms with Crippen molar-refractivity contribution in [1.29, 1.82) is 0 Å². The van der Waals surface area contributed by atoms with Gasteiger partial charge in [-0.05, 0) is 33.6 Å². The van der Waals surface area contributed by atoms with E-state index in [-0.39, 0.29) is 12.1 Å². The predicted molar refractivity (Wildman–Crippen MR) is 99.4 cm³/mol. The third-order valence-electron chi connectivity index (χ3n) is 4.22. The minimum Gasteiger partial charge on any atom is -0.459 e. The standard InChI is InChI=1S/C20H33NO5/c1-6-7-8-9-10-11-12-15-17(14(2)19(24)25-15)18(23)21-13-16(22)26-20(3,4)5/h15,17H,2,6-13H2,1,3-5H3,(H,21,23)/t15-,17+/m0/s1. The van der Waals surface area contributed by atoms with E-state index in [1.807, 2.05) is 0 Å². The van der Waals surface area contributed by atoms with E-state index in [0.717, 1.165) is 19.3 Å². The number of amides is 1. The molecular weight excluding hydrogens is 334 g/mol. The van der Waals surface area contributed by atoms with Crippen molar-refractivity contribution in [2.45, 2.75) is 84.3 Å². The van der Waals surface area contributed by atoms with Crippen molar-refractivity contribution in [3.8, 4) is 0 Å². The van der Waals surface area contributed by atoms with Crippen LogP contribution in [0.2, 0.25) is 0 Å². The molecule has 0 bridgehead atoms. The van der Waals surface area contributed by atoms with Gasteiger partial charge < -0.3 is 14.8 Å². The number of carbonyl (C=O) groups is 3. The van der Waals surface area contributed by atoms with E-state index in [1.165, 1.54) is 19.3 Å². The Hall–Kier alpha value is -1.85. The molecule has 0 aromatic rings. The van der Waals surface area contributed by atoms with Crippen molar-refractivity contribution >= 4 is 17.8 Å². The van der Waals surface area contributed by atoms with Crippen molar-refractivity contribution in [2.75, 3.05) is 6.54 Å². The van der Waals surface area contributed by atoms with Crippen molar-refractivity contribution in [2.24, 2.45) is 5.92 Å². The molecule has 0 aromatic carbocycles. The maximum absolute atomic E-state index is 12.4. The van der Waals surface area contributed by atoms with E-state index in [2.05, 4.69) is 18.8 Å². The van der Waals surface area contributed by atoms with Crippen LogP contribution in [0.3, 0.4) is 0 Å². The Morgan fingerprint density at radius 3 is 2.38 bits per heavy atom. The van der Waals surface area contributed by atoms with Crippen LogP contribution in [0.15, 0.2) is 12.2 Å². The number of unbranched alkanes of at least 4 members (excludes halogenated alkanes) is 5. The molecule has 1 saturated heterocycles. The SMILES string of the molecule is C=C1C(=O)O[C@@H](CCCCCCCC)[C@@H]1C(=O)NCC(=O)OC(C)(C)C. The number of ether oxygens (including phenoxy) is 2. The van der Waals surface area contributed by atoms with Gasteiger partial charge in [0.1, 0.15) is 24.2 Å². The molecule has 1 aliphatic heterocycles. The van der Waals surface area contributed by atoms with E-state index in [1.54, 1.807) is 20.8 Å².